The average Bonchev–Trinajstić information content (AvgIpc) is 3.37. The number of nitriles is 1. The minimum atomic E-state index is -0.0452. The van der Waals surface area contributed by atoms with Crippen LogP contribution >= 0.6 is 0 Å². The minimum absolute atomic E-state index is 0.0452. The van der Waals surface area contributed by atoms with E-state index in [1.807, 2.05) is 24.5 Å². The van der Waals surface area contributed by atoms with Crippen LogP contribution in [0.25, 0.3) is 11.1 Å². The lowest BCUT2D eigenvalue weighted by Crippen LogP contribution is -2.47. The first-order valence-electron chi connectivity index (χ1n) is 13.9. The minimum Gasteiger partial charge on any atom is -0.340 e. The van der Waals surface area contributed by atoms with Gasteiger partial charge < -0.3 is 10.2 Å². The molecule has 2 fully saturated rings. The lowest BCUT2D eigenvalue weighted by molar-refractivity contribution is -0.120. The van der Waals surface area contributed by atoms with Crippen LogP contribution in [0.2, 0.25) is 0 Å². The highest BCUT2D eigenvalue weighted by Crippen LogP contribution is 2.31. The van der Waals surface area contributed by atoms with Crippen molar-refractivity contribution < 1.29 is 4.79 Å². The summed E-state index contributed by atoms with van der Waals surface area (Å²) in [6.07, 6.45) is 8.53. The first-order chi connectivity index (χ1) is 19.1. The third-order valence-corrected chi connectivity index (χ3v) is 8.05. The number of piperazine rings is 1. The third kappa shape index (κ3) is 6.08. The van der Waals surface area contributed by atoms with E-state index in [0.717, 1.165) is 74.6 Å². The van der Waals surface area contributed by atoms with E-state index in [1.54, 1.807) is 6.20 Å². The summed E-state index contributed by atoms with van der Waals surface area (Å²) < 4.78 is 0. The molecule has 9 rings (SSSR count). The summed E-state index contributed by atoms with van der Waals surface area (Å²) in [7, 11) is 0. The van der Waals surface area contributed by atoms with Gasteiger partial charge in [0, 0.05) is 81.6 Å². The number of anilines is 3. The predicted molar refractivity (Wildman–Crippen MR) is 150 cm³/mol. The van der Waals surface area contributed by atoms with Gasteiger partial charge in [0.25, 0.3) is 0 Å². The number of nitrogens with one attached hydrogen (secondary N) is 1. The normalized spacial score (nSPS) is 25.5. The fraction of sp³-hybridized carbons (Fsp3) is 0.433. The number of benzene rings is 1. The first kappa shape index (κ1) is 25.4. The lowest BCUT2D eigenvalue weighted by Gasteiger charge is -2.34. The van der Waals surface area contributed by atoms with E-state index < -0.39 is 0 Å². The summed E-state index contributed by atoms with van der Waals surface area (Å²) in [5.41, 5.74) is 4.15. The van der Waals surface area contributed by atoms with Gasteiger partial charge in [-0.25, -0.2) is 15.0 Å². The number of hydrogen-bond donors (Lipinski definition) is 1. The fourth-order valence-corrected chi connectivity index (χ4v) is 5.95. The topological polar surface area (TPSA) is 101 Å². The van der Waals surface area contributed by atoms with Crippen molar-refractivity contribution in [1.82, 2.24) is 24.8 Å². The maximum absolute atomic E-state index is 12.8. The van der Waals surface area contributed by atoms with Crippen LogP contribution in [0.4, 0.5) is 17.5 Å². The highest BCUT2D eigenvalue weighted by atomic mass is 16.1. The Morgan fingerprint density at radius 3 is 2.54 bits per heavy atom. The number of pyridine rings is 1. The molecule has 2 saturated heterocycles. The Kier molecular flexibility index (Phi) is 7.48. The maximum atomic E-state index is 12.8. The fourth-order valence-electron chi connectivity index (χ4n) is 5.95. The standard InChI is InChI=1S/C30H34N8O/c31-16-23-14-27-5-2-6-28(39)21-37-11-9-36(10-12-37)19-22-3-1-4-26(13-22)35-29-15-24(7-8-32-29)25-17-33-30(34-18-25)38(27)20-23/h1,3-4,7-8,13,15,17-18,23,27H,2,5-6,9-12,14,19-21H2,(H,32,35). The van der Waals surface area contributed by atoms with Crippen LogP contribution in [0, 0.1) is 17.2 Å². The number of Topliss-reactive ketones (excluding diaryl/α,β-unsaturated/α-hetero) is 1. The van der Waals surface area contributed by atoms with Gasteiger partial charge in [-0.3, -0.25) is 14.6 Å². The van der Waals surface area contributed by atoms with Crippen molar-refractivity contribution in [2.45, 2.75) is 38.3 Å². The first-order valence-corrected chi connectivity index (χ1v) is 13.9. The van der Waals surface area contributed by atoms with E-state index in [-0.39, 0.29) is 12.0 Å². The van der Waals surface area contributed by atoms with E-state index in [4.69, 9.17) is 9.97 Å². The third-order valence-electron chi connectivity index (χ3n) is 8.05. The van der Waals surface area contributed by atoms with E-state index in [9.17, 15) is 10.1 Å². The maximum Gasteiger partial charge on any atom is 0.225 e. The molecule has 200 valence electrons. The molecule has 8 bridgehead atoms. The molecule has 0 aliphatic carbocycles. The van der Waals surface area contributed by atoms with Gasteiger partial charge in [-0.05, 0) is 54.7 Å². The van der Waals surface area contributed by atoms with Crippen molar-refractivity contribution in [1.29, 1.82) is 5.26 Å². The molecule has 0 amide bonds. The van der Waals surface area contributed by atoms with E-state index in [0.29, 0.717) is 31.2 Å². The molecule has 1 N–H and O–H groups in total. The van der Waals surface area contributed by atoms with Crippen LogP contribution in [0.15, 0.2) is 55.0 Å². The van der Waals surface area contributed by atoms with Crippen molar-refractivity contribution in [3.8, 4) is 17.2 Å². The molecule has 0 spiro atoms. The van der Waals surface area contributed by atoms with Gasteiger partial charge in [0.15, 0.2) is 0 Å². The van der Waals surface area contributed by atoms with Gasteiger partial charge in [0.2, 0.25) is 5.95 Å². The number of carbonyl (C=O) groups excluding carboxylic acids is 1. The Morgan fingerprint density at radius 1 is 0.949 bits per heavy atom. The van der Waals surface area contributed by atoms with Crippen molar-refractivity contribution in [3.05, 3.63) is 60.6 Å². The van der Waals surface area contributed by atoms with Gasteiger partial charge in [-0.2, -0.15) is 5.26 Å². The predicted octanol–water partition coefficient (Wildman–Crippen LogP) is 3.87. The summed E-state index contributed by atoms with van der Waals surface area (Å²) in [5.74, 6) is 1.67. The van der Waals surface area contributed by atoms with Gasteiger partial charge in [0.05, 0.1) is 18.5 Å². The van der Waals surface area contributed by atoms with Crippen molar-refractivity contribution in [3.63, 3.8) is 0 Å². The Labute approximate surface area is 229 Å². The lowest BCUT2D eigenvalue weighted by atomic mass is 10.0. The Balaban J connectivity index is 1.27. The number of carbonyl (C=O) groups is 1. The van der Waals surface area contributed by atoms with Crippen LogP contribution in [-0.4, -0.2) is 75.8 Å². The molecule has 1 aromatic carbocycles. The molecular weight excluding hydrogens is 488 g/mol. The summed E-state index contributed by atoms with van der Waals surface area (Å²) in [6.45, 7) is 5.77. The quantitative estimate of drug-likeness (QED) is 0.471. The number of nitrogens with zero attached hydrogens (tertiary/aromatic N) is 7. The van der Waals surface area contributed by atoms with Crippen LogP contribution < -0.4 is 10.2 Å². The molecule has 3 aromatic rings. The molecule has 39 heavy (non-hydrogen) atoms. The van der Waals surface area contributed by atoms with Crippen molar-refractivity contribution in [2.24, 2.45) is 5.92 Å². The summed E-state index contributed by atoms with van der Waals surface area (Å²) in [5, 5.41) is 13.1. The Morgan fingerprint density at radius 2 is 1.74 bits per heavy atom. The molecule has 2 atom stereocenters. The van der Waals surface area contributed by atoms with Gasteiger partial charge in [-0.15, -0.1) is 0 Å². The molecule has 0 saturated carbocycles. The van der Waals surface area contributed by atoms with E-state index in [1.165, 1.54) is 5.56 Å². The SMILES string of the molecule is N#CC1CC2CCCC(=O)CN3CCN(CC3)Cc3cccc(c3)Nc3cc(ccn3)-c3cnc(nc3)N2C1. The summed E-state index contributed by atoms with van der Waals surface area (Å²) >= 11 is 0. The zero-order valence-corrected chi connectivity index (χ0v) is 22.2. The van der Waals surface area contributed by atoms with Gasteiger partial charge in [-0.1, -0.05) is 12.1 Å². The molecule has 6 aliphatic heterocycles. The molecule has 8 heterocycles. The van der Waals surface area contributed by atoms with Crippen molar-refractivity contribution in [2.75, 3.05) is 49.5 Å². The van der Waals surface area contributed by atoms with Crippen LogP contribution in [0.3, 0.4) is 0 Å². The second kappa shape index (κ2) is 11.5. The number of ketones is 1. The molecular formula is C30H34N8O. The highest BCUT2D eigenvalue weighted by Gasteiger charge is 2.33. The number of rotatable bonds is 0. The summed E-state index contributed by atoms with van der Waals surface area (Å²) in [4.78, 5) is 33.6. The van der Waals surface area contributed by atoms with E-state index in [2.05, 4.69) is 55.3 Å². The number of aromatic nitrogens is 3. The zero-order valence-electron chi connectivity index (χ0n) is 22.2. The smallest absolute Gasteiger partial charge is 0.225 e. The van der Waals surface area contributed by atoms with Crippen LogP contribution in [-0.2, 0) is 11.3 Å². The Bertz CT molecular complexity index is 1350. The molecule has 2 aromatic heterocycles. The largest absolute Gasteiger partial charge is 0.340 e. The second-order valence-corrected chi connectivity index (χ2v) is 10.9. The van der Waals surface area contributed by atoms with E-state index >= 15 is 0 Å². The van der Waals surface area contributed by atoms with Crippen LogP contribution in [0.1, 0.15) is 31.2 Å². The molecule has 9 heteroatoms. The molecule has 0 radical (unpaired) electrons. The summed E-state index contributed by atoms with van der Waals surface area (Å²) in [6, 6.07) is 15.1. The van der Waals surface area contributed by atoms with Crippen molar-refractivity contribution >= 4 is 23.2 Å². The zero-order chi connectivity index (χ0) is 26.6. The van der Waals surface area contributed by atoms with Gasteiger partial charge in [0.1, 0.15) is 11.6 Å². The average molecular weight is 523 g/mol. The Hall–Kier alpha value is -3.87. The van der Waals surface area contributed by atoms with Gasteiger partial charge >= 0.3 is 0 Å². The monoisotopic (exact) mass is 522 g/mol. The molecule has 6 aliphatic rings. The second-order valence-electron chi connectivity index (χ2n) is 10.9. The number of hydrogen-bond acceptors (Lipinski definition) is 9. The highest BCUT2D eigenvalue weighted by molar-refractivity contribution is 5.80. The van der Waals surface area contributed by atoms with Crippen LogP contribution in [0.5, 0.6) is 0 Å². The molecule has 2 unspecified atom stereocenters. The molecule has 9 nitrogen and oxygen atoms in total.